The minimum atomic E-state index is 0.422. The molecule has 0 aromatic carbocycles. The van der Waals surface area contributed by atoms with Gasteiger partial charge < -0.3 is 4.74 Å². The Labute approximate surface area is 105 Å². The molecular weight excluding hydrogens is 210 g/mol. The van der Waals surface area contributed by atoms with E-state index in [-0.39, 0.29) is 0 Å². The van der Waals surface area contributed by atoms with E-state index in [1.54, 1.807) is 0 Å². The van der Waals surface area contributed by atoms with Crippen molar-refractivity contribution in [2.75, 3.05) is 0 Å². The highest BCUT2D eigenvalue weighted by Crippen LogP contribution is 2.25. The Morgan fingerprint density at radius 3 is 2.71 bits per heavy atom. The van der Waals surface area contributed by atoms with E-state index in [4.69, 9.17) is 4.74 Å². The van der Waals surface area contributed by atoms with Gasteiger partial charge in [0.25, 0.3) is 0 Å². The van der Waals surface area contributed by atoms with E-state index in [1.165, 1.54) is 31.2 Å². The summed E-state index contributed by atoms with van der Waals surface area (Å²) in [5.41, 5.74) is 1.29. The van der Waals surface area contributed by atoms with Crippen LogP contribution in [0.4, 0.5) is 0 Å². The Balaban J connectivity index is 0.000000686. The summed E-state index contributed by atoms with van der Waals surface area (Å²) in [5, 5.41) is 0. The highest BCUT2D eigenvalue weighted by atomic mass is 16.5. The van der Waals surface area contributed by atoms with Crippen molar-refractivity contribution in [2.24, 2.45) is 0 Å². The number of aromatic nitrogens is 1. The molecule has 0 saturated carbocycles. The molecule has 1 fully saturated rings. The van der Waals surface area contributed by atoms with Gasteiger partial charge in [-0.15, -0.1) is 0 Å². The van der Waals surface area contributed by atoms with E-state index < -0.39 is 0 Å². The van der Waals surface area contributed by atoms with Crippen molar-refractivity contribution in [3.63, 3.8) is 0 Å². The number of ether oxygens (including phenoxy) is 1. The van der Waals surface area contributed by atoms with Crippen LogP contribution >= 0.6 is 0 Å². The minimum absolute atomic E-state index is 0.422. The molecule has 2 heterocycles. The second-order valence-electron chi connectivity index (χ2n) is 4.31. The average Bonchev–Trinajstić information content (AvgIpc) is 2.81. The summed E-state index contributed by atoms with van der Waals surface area (Å²) >= 11 is 0. The highest BCUT2D eigenvalue weighted by Gasteiger charge is 2.24. The Kier molecular flexibility index (Phi) is 6.87. The number of pyridine rings is 1. The fraction of sp³-hybridized carbons (Fsp3) is 0.667. The van der Waals surface area contributed by atoms with Crippen LogP contribution < -0.4 is 0 Å². The number of hydrogen-bond acceptors (Lipinski definition) is 2. The van der Waals surface area contributed by atoms with Gasteiger partial charge >= 0.3 is 0 Å². The molecule has 96 valence electrons. The van der Waals surface area contributed by atoms with E-state index in [0.717, 1.165) is 6.42 Å². The highest BCUT2D eigenvalue weighted by molar-refractivity contribution is 5.09. The van der Waals surface area contributed by atoms with Crippen LogP contribution in [0, 0.1) is 0 Å². The van der Waals surface area contributed by atoms with Gasteiger partial charge in [0, 0.05) is 18.8 Å². The normalized spacial score (nSPS) is 23.0. The van der Waals surface area contributed by atoms with E-state index in [1.807, 2.05) is 32.3 Å². The van der Waals surface area contributed by atoms with Crippen LogP contribution in [0.2, 0.25) is 0 Å². The quantitative estimate of drug-likeness (QED) is 0.787. The van der Waals surface area contributed by atoms with Crippen molar-refractivity contribution in [3.8, 4) is 0 Å². The van der Waals surface area contributed by atoms with Gasteiger partial charge in [0.15, 0.2) is 0 Å². The number of rotatable bonds is 4. The van der Waals surface area contributed by atoms with Gasteiger partial charge in [0.2, 0.25) is 0 Å². The lowest BCUT2D eigenvalue weighted by Gasteiger charge is -2.12. The molecule has 1 aromatic heterocycles. The monoisotopic (exact) mass is 235 g/mol. The summed E-state index contributed by atoms with van der Waals surface area (Å²) in [5.74, 6) is 0. The van der Waals surface area contributed by atoms with Gasteiger partial charge in [0.1, 0.15) is 0 Å². The SMILES string of the molecule is CC.CCC[C@H]1CC[C@H](Cc2cccnc2)O1. The maximum absolute atomic E-state index is 5.98. The van der Waals surface area contributed by atoms with Crippen LogP contribution in [-0.2, 0) is 11.2 Å². The molecular formula is C15H25NO. The molecule has 2 atom stereocenters. The third kappa shape index (κ3) is 4.86. The standard InChI is InChI=1S/C13H19NO.C2H6/c1-2-4-12-6-7-13(15-12)9-11-5-3-8-14-10-11;1-2/h3,5,8,10,12-13H,2,4,6-7,9H2,1H3;1-2H3/t12-,13+;/m0./s1. The minimum Gasteiger partial charge on any atom is -0.375 e. The van der Waals surface area contributed by atoms with Gasteiger partial charge in [-0.05, 0) is 30.9 Å². The van der Waals surface area contributed by atoms with Crippen molar-refractivity contribution in [3.05, 3.63) is 30.1 Å². The van der Waals surface area contributed by atoms with E-state index >= 15 is 0 Å². The fourth-order valence-electron chi connectivity index (χ4n) is 2.25. The van der Waals surface area contributed by atoms with Crippen molar-refractivity contribution < 1.29 is 4.74 Å². The largest absolute Gasteiger partial charge is 0.375 e. The Hall–Kier alpha value is -0.890. The van der Waals surface area contributed by atoms with Crippen molar-refractivity contribution in [1.29, 1.82) is 0 Å². The second kappa shape index (κ2) is 8.24. The third-order valence-corrected chi connectivity index (χ3v) is 2.99. The summed E-state index contributed by atoms with van der Waals surface area (Å²) in [6, 6.07) is 4.12. The van der Waals surface area contributed by atoms with Crippen LogP contribution in [0.3, 0.4) is 0 Å². The summed E-state index contributed by atoms with van der Waals surface area (Å²) in [6.45, 7) is 6.22. The Bertz CT molecular complexity index is 286. The zero-order chi connectivity index (χ0) is 12.5. The maximum Gasteiger partial charge on any atom is 0.0620 e. The van der Waals surface area contributed by atoms with Crippen LogP contribution in [0.15, 0.2) is 24.5 Å². The van der Waals surface area contributed by atoms with E-state index in [2.05, 4.69) is 18.0 Å². The lowest BCUT2D eigenvalue weighted by atomic mass is 10.1. The smallest absolute Gasteiger partial charge is 0.0620 e. The van der Waals surface area contributed by atoms with Crippen molar-refractivity contribution in [1.82, 2.24) is 4.98 Å². The predicted octanol–water partition coefficient (Wildman–Crippen LogP) is 4.00. The molecule has 17 heavy (non-hydrogen) atoms. The molecule has 2 nitrogen and oxygen atoms in total. The third-order valence-electron chi connectivity index (χ3n) is 2.99. The first-order valence-corrected chi connectivity index (χ1v) is 6.93. The molecule has 0 unspecified atom stereocenters. The van der Waals surface area contributed by atoms with E-state index in [9.17, 15) is 0 Å². The fourth-order valence-corrected chi connectivity index (χ4v) is 2.25. The zero-order valence-corrected chi connectivity index (χ0v) is 11.4. The molecule has 2 rings (SSSR count). The summed E-state index contributed by atoms with van der Waals surface area (Å²) in [7, 11) is 0. The molecule has 0 radical (unpaired) electrons. The Morgan fingerprint density at radius 1 is 1.29 bits per heavy atom. The van der Waals surface area contributed by atoms with Gasteiger partial charge in [-0.3, -0.25) is 4.98 Å². The van der Waals surface area contributed by atoms with Crippen molar-refractivity contribution in [2.45, 2.75) is 65.1 Å². The average molecular weight is 235 g/mol. The molecule has 2 heteroatoms. The van der Waals surface area contributed by atoms with Crippen LogP contribution in [0.25, 0.3) is 0 Å². The zero-order valence-electron chi connectivity index (χ0n) is 11.4. The molecule has 1 aliphatic heterocycles. The topological polar surface area (TPSA) is 22.1 Å². The van der Waals surface area contributed by atoms with Gasteiger partial charge in [0.05, 0.1) is 12.2 Å². The lowest BCUT2D eigenvalue weighted by Crippen LogP contribution is -2.13. The molecule has 0 spiro atoms. The van der Waals surface area contributed by atoms with Crippen molar-refractivity contribution >= 4 is 0 Å². The first kappa shape index (κ1) is 14.2. The molecule has 0 bridgehead atoms. The maximum atomic E-state index is 5.98. The molecule has 1 aliphatic rings. The van der Waals surface area contributed by atoms with Gasteiger partial charge in [-0.2, -0.15) is 0 Å². The summed E-state index contributed by atoms with van der Waals surface area (Å²) in [4.78, 5) is 4.13. The molecule has 0 amide bonds. The summed E-state index contributed by atoms with van der Waals surface area (Å²) in [6.07, 6.45) is 10.6. The Morgan fingerprint density at radius 2 is 2.06 bits per heavy atom. The van der Waals surface area contributed by atoms with E-state index in [0.29, 0.717) is 12.2 Å². The first-order chi connectivity index (χ1) is 8.38. The second-order valence-corrected chi connectivity index (χ2v) is 4.31. The number of nitrogens with zero attached hydrogens (tertiary/aromatic N) is 1. The molecule has 0 N–H and O–H groups in total. The molecule has 1 aromatic rings. The van der Waals surface area contributed by atoms with Gasteiger partial charge in [-0.1, -0.05) is 33.3 Å². The van der Waals surface area contributed by atoms with Crippen LogP contribution in [0.1, 0.15) is 52.0 Å². The molecule has 0 aliphatic carbocycles. The number of hydrogen-bond donors (Lipinski definition) is 0. The van der Waals surface area contributed by atoms with Crippen LogP contribution in [0.5, 0.6) is 0 Å². The van der Waals surface area contributed by atoms with Gasteiger partial charge in [-0.25, -0.2) is 0 Å². The summed E-state index contributed by atoms with van der Waals surface area (Å²) < 4.78 is 5.98. The predicted molar refractivity (Wildman–Crippen MR) is 72.1 cm³/mol. The van der Waals surface area contributed by atoms with Crippen LogP contribution in [-0.4, -0.2) is 17.2 Å². The molecule has 1 saturated heterocycles. The first-order valence-electron chi connectivity index (χ1n) is 6.93. The lowest BCUT2D eigenvalue weighted by molar-refractivity contribution is 0.0407.